The van der Waals surface area contributed by atoms with E-state index in [-0.39, 0.29) is 24.4 Å². The number of pyridine rings is 1. The van der Waals surface area contributed by atoms with E-state index >= 15 is 0 Å². The molecule has 188 valence electrons. The first-order chi connectivity index (χ1) is 17.2. The molecular weight excluding hydrogens is 472 g/mol. The molecule has 1 N–H and O–H groups in total. The quantitative estimate of drug-likeness (QED) is 0.511. The van der Waals surface area contributed by atoms with Crippen LogP contribution in [0.4, 0.5) is 0 Å². The largest absolute Gasteiger partial charge is 0.459 e. The number of thioether (sulfide) groups is 1. The summed E-state index contributed by atoms with van der Waals surface area (Å²) in [5.41, 5.74) is 6.09. The van der Waals surface area contributed by atoms with Crippen molar-refractivity contribution in [1.29, 1.82) is 0 Å². The molecule has 3 heterocycles. The lowest BCUT2D eigenvalue weighted by Crippen LogP contribution is -2.38. The third kappa shape index (κ3) is 5.70. The molecule has 2 aromatic rings. The van der Waals surface area contributed by atoms with Crippen molar-refractivity contribution in [3.63, 3.8) is 0 Å². The summed E-state index contributed by atoms with van der Waals surface area (Å²) in [5, 5.41) is 5.71. The van der Waals surface area contributed by atoms with Gasteiger partial charge in [-0.05, 0) is 63.3 Å². The third-order valence-corrected chi connectivity index (χ3v) is 6.94. The number of amides is 1. The molecule has 1 unspecified atom stereocenters. The lowest BCUT2D eigenvalue weighted by Gasteiger charge is -2.37. The van der Waals surface area contributed by atoms with Crippen LogP contribution in [0.5, 0.6) is 0 Å². The maximum Gasteiger partial charge on any atom is 0.338 e. The number of aromatic nitrogens is 1. The molecule has 0 radical (unpaired) electrons. The van der Waals surface area contributed by atoms with E-state index in [1.165, 1.54) is 11.8 Å². The number of ether oxygens (including phenoxy) is 1. The van der Waals surface area contributed by atoms with E-state index in [1.807, 2.05) is 69.2 Å². The van der Waals surface area contributed by atoms with Crippen LogP contribution in [0, 0.1) is 13.8 Å². The van der Waals surface area contributed by atoms with Gasteiger partial charge in [0.15, 0.2) is 5.17 Å². The Bertz CT molecular complexity index is 1250. The molecule has 36 heavy (non-hydrogen) atoms. The summed E-state index contributed by atoms with van der Waals surface area (Å²) in [4.78, 5) is 37.2. The summed E-state index contributed by atoms with van der Waals surface area (Å²) in [6, 6.07) is 11.5. The van der Waals surface area contributed by atoms with Gasteiger partial charge in [0.1, 0.15) is 0 Å². The van der Waals surface area contributed by atoms with Gasteiger partial charge in [-0.1, -0.05) is 41.6 Å². The van der Waals surface area contributed by atoms with Crippen LogP contribution in [-0.4, -0.2) is 39.6 Å². The highest BCUT2D eigenvalue weighted by atomic mass is 32.2. The normalized spacial score (nSPS) is 17.1. The van der Waals surface area contributed by atoms with E-state index in [9.17, 15) is 9.59 Å². The standard InChI is InChI=1S/C28H32N4O3S/c1-17(2)35-27(34)25-20(5)31-28-32(26(25)23-10-9-18(3)14-19(23)4)22(16-36-28)15-24(33)30-13-11-21-8-6-7-12-29-21/h6-10,12,14,16-17,26H,11,13,15H2,1-5H3,(H,30,33). The molecule has 1 amide bonds. The van der Waals surface area contributed by atoms with Gasteiger partial charge in [0.2, 0.25) is 5.91 Å². The average Bonchev–Trinajstić information content (AvgIpc) is 3.20. The van der Waals surface area contributed by atoms with E-state index in [2.05, 4.69) is 22.4 Å². The van der Waals surface area contributed by atoms with Crippen LogP contribution in [-0.2, 0) is 20.7 Å². The van der Waals surface area contributed by atoms with Crippen molar-refractivity contribution in [1.82, 2.24) is 15.2 Å². The zero-order chi connectivity index (χ0) is 25.8. The predicted molar refractivity (Wildman–Crippen MR) is 143 cm³/mol. The molecule has 1 atom stereocenters. The molecule has 0 saturated heterocycles. The minimum Gasteiger partial charge on any atom is -0.459 e. The summed E-state index contributed by atoms with van der Waals surface area (Å²) in [6.45, 7) is 10.1. The zero-order valence-electron chi connectivity index (χ0n) is 21.4. The second kappa shape index (κ2) is 11.1. The van der Waals surface area contributed by atoms with E-state index < -0.39 is 6.04 Å². The minimum absolute atomic E-state index is 0.0870. The first kappa shape index (κ1) is 25.7. The first-order valence-electron chi connectivity index (χ1n) is 12.1. The second-order valence-corrected chi connectivity index (χ2v) is 10.1. The summed E-state index contributed by atoms with van der Waals surface area (Å²) in [5.74, 6) is -0.470. The fraction of sp³-hybridized carbons (Fsp3) is 0.357. The van der Waals surface area contributed by atoms with Crippen molar-refractivity contribution < 1.29 is 14.3 Å². The number of aliphatic imine (C=N–C) groups is 1. The van der Waals surface area contributed by atoms with E-state index in [4.69, 9.17) is 9.73 Å². The van der Waals surface area contributed by atoms with Crippen LogP contribution in [0.3, 0.4) is 0 Å². The van der Waals surface area contributed by atoms with Crippen LogP contribution < -0.4 is 5.32 Å². The number of esters is 1. The Balaban J connectivity index is 1.59. The number of fused-ring (bicyclic) bond motifs is 1. The molecule has 0 spiro atoms. The van der Waals surface area contributed by atoms with Gasteiger partial charge in [0.05, 0.1) is 29.8 Å². The lowest BCUT2D eigenvalue weighted by atomic mass is 9.90. The van der Waals surface area contributed by atoms with Crippen LogP contribution in [0.2, 0.25) is 0 Å². The monoisotopic (exact) mass is 504 g/mol. The van der Waals surface area contributed by atoms with E-state index in [1.54, 1.807) is 6.20 Å². The van der Waals surface area contributed by atoms with E-state index in [0.29, 0.717) is 24.2 Å². The third-order valence-electron chi connectivity index (χ3n) is 6.05. The topological polar surface area (TPSA) is 83.9 Å². The summed E-state index contributed by atoms with van der Waals surface area (Å²) in [6.07, 6.45) is 2.34. The van der Waals surface area contributed by atoms with Gasteiger partial charge < -0.3 is 15.0 Å². The fourth-order valence-electron chi connectivity index (χ4n) is 4.44. The van der Waals surface area contributed by atoms with Crippen molar-refractivity contribution >= 4 is 28.8 Å². The predicted octanol–water partition coefficient (Wildman–Crippen LogP) is 4.97. The second-order valence-electron chi connectivity index (χ2n) is 9.30. The van der Waals surface area contributed by atoms with Gasteiger partial charge in [-0.3, -0.25) is 9.78 Å². The molecule has 2 aliphatic heterocycles. The Morgan fingerprint density at radius 2 is 1.97 bits per heavy atom. The molecular formula is C28H32N4O3S. The SMILES string of the molecule is CC1=C(C(=O)OC(C)C)C(c2ccc(C)cc2C)N2C(CC(=O)NCCc3ccccn3)=CSC2=N1. The van der Waals surface area contributed by atoms with Gasteiger partial charge in [-0.25, -0.2) is 9.79 Å². The van der Waals surface area contributed by atoms with Gasteiger partial charge in [0, 0.05) is 30.6 Å². The average molecular weight is 505 g/mol. The Labute approximate surface area is 216 Å². The number of carbonyl (C=O) groups excluding carboxylic acids is 2. The number of hydrogen-bond acceptors (Lipinski definition) is 7. The van der Waals surface area contributed by atoms with Crippen LogP contribution in [0.1, 0.15) is 55.6 Å². The smallest absolute Gasteiger partial charge is 0.338 e. The first-order valence-corrected chi connectivity index (χ1v) is 13.0. The Morgan fingerprint density at radius 3 is 2.67 bits per heavy atom. The number of rotatable bonds is 8. The van der Waals surface area contributed by atoms with Crippen LogP contribution in [0.15, 0.2) is 70.0 Å². The number of benzene rings is 1. The van der Waals surface area contributed by atoms with Crippen molar-refractivity contribution in [3.05, 3.63) is 87.4 Å². The molecule has 1 aromatic carbocycles. The highest BCUT2D eigenvalue weighted by molar-refractivity contribution is 8.16. The number of aryl methyl sites for hydroxylation is 2. The molecule has 7 nitrogen and oxygen atoms in total. The zero-order valence-corrected chi connectivity index (χ0v) is 22.2. The highest BCUT2D eigenvalue weighted by Gasteiger charge is 2.41. The summed E-state index contributed by atoms with van der Waals surface area (Å²) < 4.78 is 5.63. The number of allylic oxidation sites excluding steroid dienone is 1. The Morgan fingerprint density at radius 1 is 1.17 bits per heavy atom. The number of amidine groups is 1. The lowest BCUT2D eigenvalue weighted by molar-refractivity contribution is -0.143. The van der Waals surface area contributed by atoms with Gasteiger partial charge in [-0.2, -0.15) is 0 Å². The highest BCUT2D eigenvalue weighted by Crippen LogP contribution is 2.45. The number of nitrogens with one attached hydrogen (secondary N) is 1. The molecule has 8 heteroatoms. The fourth-order valence-corrected chi connectivity index (χ4v) is 5.40. The van der Waals surface area contributed by atoms with E-state index in [0.717, 1.165) is 33.2 Å². The number of nitrogens with zero attached hydrogens (tertiary/aromatic N) is 3. The van der Waals surface area contributed by atoms with Gasteiger partial charge >= 0.3 is 5.97 Å². The van der Waals surface area contributed by atoms with Crippen molar-refractivity contribution in [2.24, 2.45) is 4.99 Å². The molecule has 0 aliphatic carbocycles. The molecule has 4 rings (SSSR count). The molecule has 1 aromatic heterocycles. The molecule has 0 fully saturated rings. The maximum atomic E-state index is 13.3. The van der Waals surface area contributed by atoms with Gasteiger partial charge in [0.25, 0.3) is 0 Å². The van der Waals surface area contributed by atoms with Crippen molar-refractivity contribution in [3.8, 4) is 0 Å². The Kier molecular flexibility index (Phi) is 7.94. The Hall–Kier alpha value is -3.39. The van der Waals surface area contributed by atoms with Crippen LogP contribution in [0.25, 0.3) is 0 Å². The molecule has 0 saturated carbocycles. The number of carbonyl (C=O) groups is 2. The van der Waals surface area contributed by atoms with Crippen molar-refractivity contribution in [2.75, 3.05) is 6.54 Å². The summed E-state index contributed by atoms with van der Waals surface area (Å²) >= 11 is 1.47. The van der Waals surface area contributed by atoms with Gasteiger partial charge in [-0.15, -0.1) is 0 Å². The van der Waals surface area contributed by atoms with Crippen molar-refractivity contribution in [2.45, 2.75) is 59.6 Å². The minimum atomic E-state index is -0.424. The number of hydrogen-bond donors (Lipinski definition) is 1. The molecule has 0 bridgehead atoms. The maximum absolute atomic E-state index is 13.3. The summed E-state index contributed by atoms with van der Waals surface area (Å²) in [7, 11) is 0. The molecule has 2 aliphatic rings. The van der Waals surface area contributed by atoms with Crippen LogP contribution >= 0.6 is 11.8 Å².